The van der Waals surface area contributed by atoms with Gasteiger partial charge in [-0.2, -0.15) is 0 Å². The zero-order valence-electron chi connectivity index (χ0n) is 11.7. The lowest BCUT2D eigenvalue weighted by atomic mass is 9.75. The summed E-state index contributed by atoms with van der Waals surface area (Å²) >= 11 is 9.23. The molecule has 5 heteroatoms. The number of hydrogen-bond donors (Lipinski definition) is 1. The fraction of sp³-hybridized carbons (Fsp3) is 0.235. The maximum Gasteiger partial charge on any atom is 0.193 e. The number of hydrogen-bond acceptors (Lipinski definition) is 2. The van der Waals surface area contributed by atoms with E-state index in [0.29, 0.717) is 27.2 Å². The summed E-state index contributed by atoms with van der Waals surface area (Å²) in [6, 6.07) is 8.35. The Morgan fingerprint density at radius 1 is 1.18 bits per heavy atom. The fourth-order valence-corrected chi connectivity index (χ4v) is 3.55. The second-order valence-electron chi connectivity index (χ2n) is 5.40. The molecule has 0 aromatic heterocycles. The van der Waals surface area contributed by atoms with Gasteiger partial charge < -0.3 is 5.73 Å². The van der Waals surface area contributed by atoms with E-state index in [1.807, 2.05) is 6.07 Å². The van der Waals surface area contributed by atoms with Gasteiger partial charge in [0.15, 0.2) is 5.78 Å². The lowest BCUT2D eigenvalue weighted by Crippen LogP contribution is -2.21. The number of halogens is 3. The zero-order chi connectivity index (χ0) is 15.9. The van der Waals surface area contributed by atoms with Crippen molar-refractivity contribution in [3.63, 3.8) is 0 Å². The zero-order valence-corrected chi connectivity index (χ0v) is 14.0. The van der Waals surface area contributed by atoms with Gasteiger partial charge in [0.2, 0.25) is 0 Å². The van der Waals surface area contributed by atoms with E-state index in [0.717, 1.165) is 24.0 Å². The monoisotopic (exact) mass is 381 g/mol. The molecule has 0 fully saturated rings. The van der Waals surface area contributed by atoms with Crippen molar-refractivity contribution < 1.29 is 9.18 Å². The van der Waals surface area contributed by atoms with E-state index in [9.17, 15) is 9.18 Å². The molecule has 22 heavy (non-hydrogen) atoms. The largest absolute Gasteiger partial charge is 0.330 e. The summed E-state index contributed by atoms with van der Waals surface area (Å²) in [4.78, 5) is 12.7. The molecule has 1 unspecified atom stereocenters. The second kappa shape index (κ2) is 6.11. The van der Waals surface area contributed by atoms with E-state index in [4.69, 9.17) is 17.3 Å². The molecule has 2 aromatic carbocycles. The molecule has 0 bridgehead atoms. The summed E-state index contributed by atoms with van der Waals surface area (Å²) in [5, 5.41) is 0.505. The summed E-state index contributed by atoms with van der Waals surface area (Å²) in [6.45, 7) is 0.574. The van der Waals surface area contributed by atoms with E-state index >= 15 is 0 Å². The van der Waals surface area contributed by atoms with Gasteiger partial charge in [-0.25, -0.2) is 4.39 Å². The van der Waals surface area contributed by atoms with Crippen LogP contribution in [0.2, 0.25) is 5.02 Å². The Morgan fingerprint density at radius 2 is 1.91 bits per heavy atom. The maximum absolute atomic E-state index is 13.9. The van der Waals surface area contributed by atoms with Gasteiger partial charge in [-0.15, -0.1) is 0 Å². The van der Waals surface area contributed by atoms with E-state index in [-0.39, 0.29) is 11.7 Å². The Hall–Kier alpha value is -1.23. The summed E-state index contributed by atoms with van der Waals surface area (Å²) < 4.78 is 14.2. The first-order valence-corrected chi connectivity index (χ1v) is 8.23. The van der Waals surface area contributed by atoms with E-state index < -0.39 is 5.82 Å². The summed E-state index contributed by atoms with van der Waals surface area (Å²) in [5.41, 5.74) is 8.39. The molecule has 0 spiro atoms. The van der Waals surface area contributed by atoms with Crippen LogP contribution in [0.4, 0.5) is 4.39 Å². The standard InChI is InChI=1S/C17H14BrClFNO/c18-15-7-12-10(2-1-5-21)11-4-3-9(19)6-13(11)17(22)14(12)8-16(15)20/h3-4,6-8,10H,1-2,5,21H2. The van der Waals surface area contributed by atoms with Gasteiger partial charge in [0.25, 0.3) is 0 Å². The molecule has 3 rings (SSSR count). The highest BCUT2D eigenvalue weighted by Crippen LogP contribution is 2.41. The fourth-order valence-electron chi connectivity index (χ4n) is 3.02. The van der Waals surface area contributed by atoms with Crippen molar-refractivity contribution in [2.24, 2.45) is 5.73 Å². The molecule has 1 atom stereocenters. The Balaban J connectivity index is 2.21. The van der Waals surface area contributed by atoms with Gasteiger partial charge in [0.1, 0.15) is 5.82 Å². The van der Waals surface area contributed by atoms with Crippen LogP contribution in [0.5, 0.6) is 0 Å². The van der Waals surface area contributed by atoms with Crippen molar-refractivity contribution in [1.82, 2.24) is 0 Å². The second-order valence-corrected chi connectivity index (χ2v) is 6.69. The van der Waals surface area contributed by atoms with Crippen molar-refractivity contribution in [3.05, 3.63) is 67.9 Å². The average molecular weight is 383 g/mol. The Morgan fingerprint density at radius 3 is 2.64 bits per heavy atom. The molecule has 0 amide bonds. The molecule has 0 saturated heterocycles. The highest BCUT2D eigenvalue weighted by molar-refractivity contribution is 9.10. The van der Waals surface area contributed by atoms with Gasteiger partial charge >= 0.3 is 0 Å². The molecule has 114 valence electrons. The SMILES string of the molecule is NCCCC1c2ccc(Cl)cc2C(=O)c2cc(F)c(Br)cc21. The molecule has 2 N–H and O–H groups in total. The molecule has 2 aromatic rings. The van der Waals surface area contributed by atoms with Crippen molar-refractivity contribution in [2.75, 3.05) is 6.54 Å². The molecule has 0 saturated carbocycles. The number of nitrogens with two attached hydrogens (primary N) is 1. The average Bonchev–Trinajstić information content (AvgIpc) is 2.50. The van der Waals surface area contributed by atoms with Crippen molar-refractivity contribution in [3.8, 4) is 0 Å². The predicted octanol–water partition coefficient (Wildman–Crippen LogP) is 4.66. The van der Waals surface area contributed by atoms with Crippen LogP contribution in [0, 0.1) is 5.82 Å². The molecular weight excluding hydrogens is 369 g/mol. The topological polar surface area (TPSA) is 43.1 Å². The van der Waals surface area contributed by atoms with Crippen LogP contribution in [0.1, 0.15) is 45.8 Å². The summed E-state index contributed by atoms with van der Waals surface area (Å²) in [7, 11) is 0. The minimum absolute atomic E-state index is 0.0282. The minimum atomic E-state index is -0.435. The normalized spacial score (nSPS) is 16.4. The first-order chi connectivity index (χ1) is 10.5. The molecule has 0 heterocycles. The number of benzene rings is 2. The Bertz CT molecular complexity index is 763. The lowest BCUT2D eigenvalue weighted by molar-refractivity contribution is 0.103. The molecule has 1 aliphatic carbocycles. The van der Waals surface area contributed by atoms with Crippen LogP contribution in [0.15, 0.2) is 34.8 Å². The minimum Gasteiger partial charge on any atom is -0.330 e. The van der Waals surface area contributed by atoms with Gasteiger partial charge in [-0.3, -0.25) is 4.79 Å². The summed E-state index contributed by atoms with van der Waals surface area (Å²) in [6.07, 6.45) is 1.64. The van der Waals surface area contributed by atoms with Crippen molar-refractivity contribution >= 4 is 33.3 Å². The van der Waals surface area contributed by atoms with Gasteiger partial charge in [-0.05, 0) is 70.7 Å². The molecule has 0 radical (unpaired) electrons. The lowest BCUT2D eigenvalue weighted by Gasteiger charge is -2.28. The molecular formula is C17H14BrClFNO. The quantitative estimate of drug-likeness (QED) is 0.839. The van der Waals surface area contributed by atoms with Crippen LogP contribution >= 0.6 is 27.5 Å². The number of rotatable bonds is 3. The Labute approximate surface area is 141 Å². The smallest absolute Gasteiger partial charge is 0.193 e. The van der Waals surface area contributed by atoms with Crippen LogP contribution in [-0.2, 0) is 0 Å². The van der Waals surface area contributed by atoms with Crippen LogP contribution in [-0.4, -0.2) is 12.3 Å². The highest BCUT2D eigenvalue weighted by Gasteiger charge is 2.31. The molecule has 0 aliphatic heterocycles. The van der Waals surface area contributed by atoms with Crippen LogP contribution in [0.25, 0.3) is 0 Å². The van der Waals surface area contributed by atoms with Crippen molar-refractivity contribution in [2.45, 2.75) is 18.8 Å². The third kappa shape index (κ3) is 2.60. The van der Waals surface area contributed by atoms with Gasteiger partial charge in [0.05, 0.1) is 4.47 Å². The third-order valence-electron chi connectivity index (χ3n) is 4.04. The number of carbonyl (C=O) groups excluding carboxylic acids is 1. The third-order valence-corrected chi connectivity index (χ3v) is 4.89. The molecule has 2 nitrogen and oxygen atoms in total. The predicted molar refractivity (Wildman–Crippen MR) is 89.1 cm³/mol. The Kier molecular flexibility index (Phi) is 4.35. The number of carbonyl (C=O) groups is 1. The van der Waals surface area contributed by atoms with Crippen LogP contribution in [0.3, 0.4) is 0 Å². The van der Waals surface area contributed by atoms with Crippen molar-refractivity contribution in [1.29, 1.82) is 0 Å². The van der Waals surface area contributed by atoms with Crippen LogP contribution < -0.4 is 5.73 Å². The maximum atomic E-state index is 13.9. The highest BCUT2D eigenvalue weighted by atomic mass is 79.9. The van der Waals surface area contributed by atoms with E-state index in [2.05, 4.69) is 15.9 Å². The van der Waals surface area contributed by atoms with Gasteiger partial charge in [-0.1, -0.05) is 17.7 Å². The van der Waals surface area contributed by atoms with E-state index in [1.165, 1.54) is 6.07 Å². The van der Waals surface area contributed by atoms with Gasteiger partial charge in [0, 0.05) is 22.1 Å². The number of ketones is 1. The first-order valence-electron chi connectivity index (χ1n) is 7.06. The molecule has 1 aliphatic rings. The summed E-state index contributed by atoms with van der Waals surface area (Å²) in [5.74, 6) is -0.585. The number of fused-ring (bicyclic) bond motifs is 2. The first kappa shape index (κ1) is 15.7. The van der Waals surface area contributed by atoms with E-state index in [1.54, 1.807) is 18.2 Å².